The van der Waals surface area contributed by atoms with Crippen molar-refractivity contribution in [2.24, 2.45) is 12.8 Å². The highest BCUT2D eigenvalue weighted by Gasteiger charge is 2.47. The van der Waals surface area contributed by atoms with E-state index in [4.69, 9.17) is 5.73 Å². The molecule has 2 N–H and O–H groups in total. The van der Waals surface area contributed by atoms with Gasteiger partial charge >= 0.3 is 0 Å². The summed E-state index contributed by atoms with van der Waals surface area (Å²) in [5, 5.41) is 0. The highest BCUT2D eigenvalue weighted by Crippen LogP contribution is 2.35. The molecular weight excluding hydrogens is 166 g/mol. The molecule has 0 radical (unpaired) electrons. The van der Waals surface area contributed by atoms with E-state index >= 15 is 0 Å². The fraction of sp³-hybridized carbons (Fsp3) is 0.556. The summed E-state index contributed by atoms with van der Waals surface area (Å²) in [6.07, 6.45) is 3.21. The lowest BCUT2D eigenvalue weighted by Crippen LogP contribution is -2.34. The maximum Gasteiger partial charge on any atom is 0.200 e. The molecule has 0 aliphatic heterocycles. The molecule has 2 rings (SSSR count). The van der Waals surface area contributed by atoms with Crippen LogP contribution in [-0.4, -0.2) is 20.9 Å². The largest absolute Gasteiger partial charge is 0.329 e. The van der Waals surface area contributed by atoms with Crippen molar-refractivity contribution in [3.63, 3.8) is 0 Å². The molecule has 13 heavy (non-hydrogen) atoms. The first kappa shape index (κ1) is 8.44. The Hall–Kier alpha value is -1.16. The third kappa shape index (κ3) is 1.18. The number of hydrogen-bond donors (Lipinski definition) is 1. The molecule has 0 spiro atoms. The number of carbonyl (C=O) groups excluding carboxylic acids is 1. The first-order valence-corrected chi connectivity index (χ1v) is 4.36. The van der Waals surface area contributed by atoms with Crippen LogP contribution in [0, 0.1) is 6.92 Å². The highest BCUT2D eigenvalue weighted by atomic mass is 16.1. The van der Waals surface area contributed by atoms with Gasteiger partial charge in [-0.2, -0.15) is 0 Å². The lowest BCUT2D eigenvalue weighted by atomic mass is 10.1. The molecule has 4 nitrogen and oxygen atoms in total. The second-order valence-corrected chi connectivity index (χ2v) is 3.73. The molecule has 4 heteroatoms. The molecular formula is C9H13N3O. The Labute approximate surface area is 76.8 Å². The summed E-state index contributed by atoms with van der Waals surface area (Å²) in [5.74, 6) is 0.864. The van der Waals surface area contributed by atoms with Crippen LogP contribution in [0.4, 0.5) is 0 Å². The van der Waals surface area contributed by atoms with Crippen molar-refractivity contribution in [1.82, 2.24) is 9.55 Å². The third-order valence-corrected chi connectivity index (χ3v) is 2.69. The van der Waals surface area contributed by atoms with Gasteiger partial charge in [0.05, 0.1) is 11.7 Å². The second-order valence-electron chi connectivity index (χ2n) is 3.73. The molecule has 1 heterocycles. The predicted octanol–water partition coefficient (Wildman–Crippen LogP) is 0.403. The van der Waals surface area contributed by atoms with Crippen LogP contribution in [-0.2, 0) is 7.05 Å². The number of carbonyl (C=O) groups is 1. The fourth-order valence-corrected chi connectivity index (χ4v) is 1.33. The van der Waals surface area contributed by atoms with Crippen molar-refractivity contribution in [3.8, 4) is 0 Å². The van der Waals surface area contributed by atoms with Gasteiger partial charge in [-0.1, -0.05) is 0 Å². The Bertz CT molecular complexity index is 363. The summed E-state index contributed by atoms with van der Waals surface area (Å²) < 4.78 is 1.79. The monoisotopic (exact) mass is 179 g/mol. The Morgan fingerprint density at radius 2 is 2.31 bits per heavy atom. The zero-order chi connectivity index (χ0) is 9.64. The maximum absolute atomic E-state index is 11.8. The zero-order valence-electron chi connectivity index (χ0n) is 7.87. The van der Waals surface area contributed by atoms with Crippen LogP contribution in [0.15, 0.2) is 6.20 Å². The molecule has 1 aromatic heterocycles. The van der Waals surface area contributed by atoms with Crippen LogP contribution < -0.4 is 5.73 Å². The summed E-state index contributed by atoms with van der Waals surface area (Å²) in [6, 6.07) is 0. The maximum atomic E-state index is 11.8. The first-order valence-electron chi connectivity index (χ1n) is 4.36. The van der Waals surface area contributed by atoms with Gasteiger partial charge in [0.2, 0.25) is 5.78 Å². The van der Waals surface area contributed by atoms with E-state index in [0.29, 0.717) is 5.69 Å². The van der Waals surface area contributed by atoms with Crippen LogP contribution in [0.1, 0.15) is 29.2 Å². The van der Waals surface area contributed by atoms with E-state index in [9.17, 15) is 4.79 Å². The number of nitrogens with zero attached hydrogens (tertiary/aromatic N) is 2. The van der Waals surface area contributed by atoms with Crippen LogP contribution in [0.5, 0.6) is 0 Å². The van der Waals surface area contributed by atoms with Gasteiger partial charge < -0.3 is 10.3 Å². The van der Waals surface area contributed by atoms with E-state index in [-0.39, 0.29) is 5.78 Å². The number of aryl methyl sites for hydroxylation is 1. The standard InChI is InChI=1S/C9H13N3O/c1-6-11-5-7(12(6)2)8(13)9(10)3-4-9/h5H,3-4,10H2,1-2H3. The smallest absolute Gasteiger partial charge is 0.200 e. The molecule has 1 fully saturated rings. The molecule has 0 unspecified atom stereocenters. The molecule has 0 amide bonds. The molecule has 1 aromatic rings. The molecule has 70 valence electrons. The summed E-state index contributed by atoms with van der Waals surface area (Å²) in [4.78, 5) is 15.8. The van der Waals surface area contributed by atoms with Crippen LogP contribution in [0.25, 0.3) is 0 Å². The minimum Gasteiger partial charge on any atom is -0.329 e. The van der Waals surface area contributed by atoms with E-state index in [1.807, 2.05) is 14.0 Å². The van der Waals surface area contributed by atoms with Gasteiger partial charge in [-0.3, -0.25) is 4.79 Å². The number of imidazole rings is 1. The number of Topliss-reactive ketones (excluding diaryl/α,β-unsaturated/α-hetero) is 1. The average molecular weight is 179 g/mol. The predicted molar refractivity (Wildman–Crippen MR) is 48.4 cm³/mol. The van der Waals surface area contributed by atoms with E-state index in [1.165, 1.54) is 0 Å². The van der Waals surface area contributed by atoms with E-state index in [1.54, 1.807) is 10.8 Å². The molecule has 0 aromatic carbocycles. The van der Waals surface area contributed by atoms with Crippen LogP contribution >= 0.6 is 0 Å². The topological polar surface area (TPSA) is 60.9 Å². The van der Waals surface area contributed by atoms with Crippen molar-refractivity contribution in [3.05, 3.63) is 17.7 Å². The van der Waals surface area contributed by atoms with E-state index in [0.717, 1.165) is 18.7 Å². The normalized spacial score (nSPS) is 18.7. The molecule has 0 bridgehead atoms. The van der Waals surface area contributed by atoms with E-state index < -0.39 is 5.54 Å². The zero-order valence-corrected chi connectivity index (χ0v) is 7.87. The Kier molecular flexibility index (Phi) is 1.57. The SMILES string of the molecule is Cc1ncc(C(=O)C2(N)CC2)n1C. The van der Waals surface area contributed by atoms with Crippen molar-refractivity contribution in [2.45, 2.75) is 25.3 Å². The highest BCUT2D eigenvalue weighted by molar-refractivity contribution is 6.03. The molecule has 0 atom stereocenters. The Morgan fingerprint density at radius 1 is 1.69 bits per heavy atom. The van der Waals surface area contributed by atoms with Crippen LogP contribution in [0.3, 0.4) is 0 Å². The third-order valence-electron chi connectivity index (χ3n) is 2.69. The summed E-state index contributed by atoms with van der Waals surface area (Å²) in [5.41, 5.74) is 5.85. The molecule has 1 aliphatic carbocycles. The number of hydrogen-bond acceptors (Lipinski definition) is 3. The van der Waals surface area contributed by atoms with E-state index in [2.05, 4.69) is 4.98 Å². The van der Waals surface area contributed by atoms with Gasteiger partial charge in [0.25, 0.3) is 0 Å². The number of aromatic nitrogens is 2. The van der Waals surface area contributed by atoms with Gasteiger partial charge in [0, 0.05) is 7.05 Å². The van der Waals surface area contributed by atoms with Gasteiger partial charge in [-0.05, 0) is 19.8 Å². The average Bonchev–Trinajstić information content (AvgIpc) is 2.76. The minimum absolute atomic E-state index is 0.0237. The molecule has 1 aliphatic rings. The number of ketones is 1. The number of rotatable bonds is 2. The molecule has 0 saturated heterocycles. The summed E-state index contributed by atoms with van der Waals surface area (Å²) in [7, 11) is 1.83. The Morgan fingerprint density at radius 3 is 2.69 bits per heavy atom. The van der Waals surface area contributed by atoms with Crippen molar-refractivity contribution >= 4 is 5.78 Å². The summed E-state index contributed by atoms with van der Waals surface area (Å²) >= 11 is 0. The van der Waals surface area contributed by atoms with Gasteiger partial charge in [-0.15, -0.1) is 0 Å². The lowest BCUT2D eigenvalue weighted by molar-refractivity contribution is 0.0941. The lowest BCUT2D eigenvalue weighted by Gasteiger charge is -2.07. The second kappa shape index (κ2) is 2.42. The van der Waals surface area contributed by atoms with Crippen molar-refractivity contribution in [2.75, 3.05) is 0 Å². The minimum atomic E-state index is -0.583. The molecule has 1 saturated carbocycles. The quantitative estimate of drug-likeness (QED) is 0.668. The number of nitrogens with two attached hydrogens (primary N) is 1. The summed E-state index contributed by atoms with van der Waals surface area (Å²) in [6.45, 7) is 1.87. The Balaban J connectivity index is 2.35. The van der Waals surface area contributed by atoms with Crippen LogP contribution in [0.2, 0.25) is 0 Å². The van der Waals surface area contributed by atoms with Gasteiger partial charge in [0.15, 0.2) is 0 Å². The fourth-order valence-electron chi connectivity index (χ4n) is 1.33. The van der Waals surface area contributed by atoms with Crippen molar-refractivity contribution in [1.29, 1.82) is 0 Å². The van der Waals surface area contributed by atoms with Gasteiger partial charge in [-0.25, -0.2) is 4.98 Å². The van der Waals surface area contributed by atoms with Gasteiger partial charge in [0.1, 0.15) is 11.5 Å². The first-order chi connectivity index (χ1) is 6.04. The van der Waals surface area contributed by atoms with Crippen molar-refractivity contribution < 1.29 is 4.79 Å².